The minimum atomic E-state index is -0.130. The SMILES string of the molecule is O=C(Cn1cccn1)Nc1ccccc1-c1cn2ccccc2n1. The molecule has 1 aromatic carbocycles. The third-order valence-corrected chi connectivity index (χ3v) is 3.71. The molecule has 4 rings (SSSR count). The monoisotopic (exact) mass is 317 g/mol. The molecule has 6 heteroatoms. The van der Waals surface area contributed by atoms with Gasteiger partial charge in [0.1, 0.15) is 12.2 Å². The van der Waals surface area contributed by atoms with Crippen molar-refractivity contribution < 1.29 is 4.79 Å². The van der Waals surface area contributed by atoms with Crippen LogP contribution in [-0.4, -0.2) is 25.1 Å². The lowest BCUT2D eigenvalue weighted by molar-refractivity contribution is -0.116. The molecule has 0 aliphatic rings. The van der Waals surface area contributed by atoms with Crippen molar-refractivity contribution in [1.82, 2.24) is 19.2 Å². The van der Waals surface area contributed by atoms with E-state index in [9.17, 15) is 4.79 Å². The van der Waals surface area contributed by atoms with Gasteiger partial charge in [0.2, 0.25) is 5.91 Å². The maximum absolute atomic E-state index is 12.2. The fourth-order valence-corrected chi connectivity index (χ4v) is 2.61. The number of carbonyl (C=O) groups is 1. The summed E-state index contributed by atoms with van der Waals surface area (Å²) in [6, 6.07) is 15.3. The number of para-hydroxylation sites is 1. The second-order valence-electron chi connectivity index (χ2n) is 5.39. The first kappa shape index (κ1) is 14.2. The van der Waals surface area contributed by atoms with Crippen molar-refractivity contribution in [2.45, 2.75) is 6.54 Å². The lowest BCUT2D eigenvalue weighted by Crippen LogP contribution is -2.19. The smallest absolute Gasteiger partial charge is 0.246 e. The minimum Gasteiger partial charge on any atom is -0.324 e. The second-order valence-corrected chi connectivity index (χ2v) is 5.39. The highest BCUT2D eigenvalue weighted by atomic mass is 16.2. The Hall–Kier alpha value is -3.41. The Balaban J connectivity index is 1.63. The van der Waals surface area contributed by atoms with E-state index < -0.39 is 0 Å². The number of hydrogen-bond acceptors (Lipinski definition) is 3. The molecule has 24 heavy (non-hydrogen) atoms. The predicted molar refractivity (Wildman–Crippen MR) is 91.5 cm³/mol. The molecule has 0 bridgehead atoms. The zero-order valence-corrected chi connectivity index (χ0v) is 12.8. The van der Waals surface area contributed by atoms with Crippen LogP contribution in [0.1, 0.15) is 0 Å². The summed E-state index contributed by atoms with van der Waals surface area (Å²) in [5, 5.41) is 6.99. The van der Waals surface area contributed by atoms with Crippen LogP contribution >= 0.6 is 0 Å². The Bertz CT molecular complexity index is 955. The topological polar surface area (TPSA) is 64.2 Å². The standard InChI is InChI=1S/C18H15N5O/c24-18(13-23-11-5-9-19-23)21-15-7-2-1-6-14(15)16-12-22-10-4-3-8-17(22)20-16/h1-12H,13H2,(H,21,24). The zero-order chi connectivity index (χ0) is 16.4. The fourth-order valence-electron chi connectivity index (χ4n) is 2.61. The number of nitrogens with one attached hydrogen (secondary N) is 1. The molecular formula is C18H15N5O. The number of carbonyl (C=O) groups excluding carboxylic acids is 1. The molecule has 0 saturated carbocycles. The molecule has 0 aliphatic heterocycles. The summed E-state index contributed by atoms with van der Waals surface area (Å²) >= 11 is 0. The van der Waals surface area contributed by atoms with E-state index in [1.165, 1.54) is 0 Å². The number of benzene rings is 1. The van der Waals surface area contributed by atoms with Crippen molar-refractivity contribution in [3.63, 3.8) is 0 Å². The molecule has 0 aliphatic carbocycles. The van der Waals surface area contributed by atoms with E-state index in [0.717, 1.165) is 22.6 Å². The average Bonchev–Trinajstić information content (AvgIpc) is 3.24. The number of imidazole rings is 1. The molecular weight excluding hydrogens is 302 g/mol. The molecule has 4 aromatic rings. The second kappa shape index (κ2) is 6.00. The normalized spacial score (nSPS) is 10.8. The molecule has 0 unspecified atom stereocenters. The summed E-state index contributed by atoms with van der Waals surface area (Å²) in [6.07, 6.45) is 7.31. The highest BCUT2D eigenvalue weighted by Crippen LogP contribution is 2.27. The summed E-state index contributed by atoms with van der Waals surface area (Å²) in [6.45, 7) is 0.173. The molecule has 0 fully saturated rings. The van der Waals surface area contributed by atoms with Gasteiger partial charge in [0.25, 0.3) is 0 Å². The van der Waals surface area contributed by atoms with Crippen LogP contribution in [0.25, 0.3) is 16.9 Å². The van der Waals surface area contributed by atoms with Gasteiger partial charge >= 0.3 is 0 Å². The quantitative estimate of drug-likeness (QED) is 0.629. The number of amides is 1. The van der Waals surface area contributed by atoms with Gasteiger partial charge in [-0.05, 0) is 24.3 Å². The number of hydrogen-bond donors (Lipinski definition) is 1. The van der Waals surface area contributed by atoms with Gasteiger partial charge in [-0.2, -0.15) is 5.10 Å². The number of pyridine rings is 1. The van der Waals surface area contributed by atoms with Crippen LogP contribution in [-0.2, 0) is 11.3 Å². The van der Waals surface area contributed by atoms with Crippen LogP contribution in [0.3, 0.4) is 0 Å². The Morgan fingerprint density at radius 2 is 1.92 bits per heavy atom. The van der Waals surface area contributed by atoms with Crippen molar-refractivity contribution in [2.24, 2.45) is 0 Å². The summed E-state index contributed by atoms with van der Waals surface area (Å²) in [4.78, 5) is 16.9. The highest BCUT2D eigenvalue weighted by Gasteiger charge is 2.11. The van der Waals surface area contributed by atoms with Crippen molar-refractivity contribution in [3.05, 3.63) is 73.3 Å². The molecule has 3 aromatic heterocycles. The van der Waals surface area contributed by atoms with Gasteiger partial charge in [0, 0.05) is 30.4 Å². The van der Waals surface area contributed by atoms with E-state index in [2.05, 4.69) is 15.4 Å². The summed E-state index contributed by atoms with van der Waals surface area (Å²) < 4.78 is 3.54. The number of aromatic nitrogens is 4. The first-order chi connectivity index (χ1) is 11.8. The molecule has 0 saturated heterocycles. The van der Waals surface area contributed by atoms with Crippen LogP contribution in [0.4, 0.5) is 5.69 Å². The summed E-state index contributed by atoms with van der Waals surface area (Å²) in [5.74, 6) is -0.130. The van der Waals surface area contributed by atoms with Crippen LogP contribution in [0.2, 0.25) is 0 Å². The number of anilines is 1. The van der Waals surface area contributed by atoms with E-state index in [-0.39, 0.29) is 12.5 Å². The zero-order valence-electron chi connectivity index (χ0n) is 12.8. The molecule has 6 nitrogen and oxygen atoms in total. The van der Waals surface area contributed by atoms with Gasteiger partial charge < -0.3 is 9.72 Å². The van der Waals surface area contributed by atoms with E-state index in [4.69, 9.17) is 0 Å². The Kier molecular flexibility index (Phi) is 3.55. The Morgan fingerprint density at radius 3 is 2.75 bits per heavy atom. The molecule has 0 atom stereocenters. The summed E-state index contributed by atoms with van der Waals surface area (Å²) in [7, 11) is 0. The lowest BCUT2D eigenvalue weighted by Gasteiger charge is -2.09. The van der Waals surface area contributed by atoms with E-state index in [1.54, 1.807) is 23.1 Å². The van der Waals surface area contributed by atoms with Crippen molar-refractivity contribution in [3.8, 4) is 11.3 Å². The van der Waals surface area contributed by atoms with E-state index in [1.807, 2.05) is 59.3 Å². The van der Waals surface area contributed by atoms with E-state index >= 15 is 0 Å². The van der Waals surface area contributed by atoms with Crippen molar-refractivity contribution >= 4 is 17.2 Å². The van der Waals surface area contributed by atoms with Gasteiger partial charge in [-0.25, -0.2) is 4.98 Å². The summed E-state index contributed by atoms with van der Waals surface area (Å²) in [5.41, 5.74) is 3.30. The number of rotatable bonds is 4. The number of nitrogens with zero attached hydrogens (tertiary/aromatic N) is 4. The van der Waals surface area contributed by atoms with Gasteiger partial charge in [-0.15, -0.1) is 0 Å². The molecule has 1 amide bonds. The van der Waals surface area contributed by atoms with Crippen molar-refractivity contribution in [1.29, 1.82) is 0 Å². The van der Waals surface area contributed by atoms with Gasteiger partial charge in [0.05, 0.1) is 11.4 Å². The van der Waals surface area contributed by atoms with Gasteiger partial charge in [0.15, 0.2) is 0 Å². The molecule has 3 heterocycles. The Labute approximate surface area is 138 Å². The Morgan fingerprint density at radius 1 is 1.04 bits per heavy atom. The van der Waals surface area contributed by atoms with Gasteiger partial charge in [-0.1, -0.05) is 24.3 Å². The average molecular weight is 317 g/mol. The maximum atomic E-state index is 12.2. The number of fused-ring (bicyclic) bond motifs is 1. The molecule has 0 radical (unpaired) electrons. The third kappa shape index (κ3) is 2.77. The first-order valence-corrected chi connectivity index (χ1v) is 7.60. The maximum Gasteiger partial charge on any atom is 0.246 e. The predicted octanol–water partition coefficient (Wildman–Crippen LogP) is 2.84. The lowest BCUT2D eigenvalue weighted by atomic mass is 10.1. The molecule has 1 N–H and O–H groups in total. The van der Waals surface area contributed by atoms with Crippen LogP contribution in [0.5, 0.6) is 0 Å². The molecule has 0 spiro atoms. The minimum absolute atomic E-state index is 0.130. The van der Waals surface area contributed by atoms with Crippen molar-refractivity contribution in [2.75, 3.05) is 5.32 Å². The highest BCUT2D eigenvalue weighted by molar-refractivity contribution is 5.95. The molecule has 118 valence electrons. The van der Waals surface area contributed by atoms with Crippen LogP contribution < -0.4 is 5.32 Å². The fraction of sp³-hybridized carbons (Fsp3) is 0.0556. The third-order valence-electron chi connectivity index (χ3n) is 3.71. The van der Waals surface area contributed by atoms with Crippen LogP contribution in [0.15, 0.2) is 73.3 Å². The first-order valence-electron chi connectivity index (χ1n) is 7.60. The van der Waals surface area contributed by atoms with E-state index in [0.29, 0.717) is 0 Å². The van der Waals surface area contributed by atoms with Gasteiger partial charge in [-0.3, -0.25) is 9.48 Å². The largest absolute Gasteiger partial charge is 0.324 e. The van der Waals surface area contributed by atoms with Crippen LogP contribution in [0, 0.1) is 0 Å².